The van der Waals surface area contributed by atoms with Gasteiger partial charge in [0.1, 0.15) is 12.6 Å². The van der Waals surface area contributed by atoms with Crippen molar-refractivity contribution in [2.75, 3.05) is 13.2 Å². The van der Waals surface area contributed by atoms with Crippen LogP contribution in [0.4, 0.5) is 4.79 Å². The summed E-state index contributed by atoms with van der Waals surface area (Å²) < 4.78 is 5.39. The van der Waals surface area contributed by atoms with Crippen molar-refractivity contribution in [3.8, 4) is 11.1 Å². The molecule has 5 N–H and O–H groups in total. The Hall–Kier alpha value is -3.62. The van der Waals surface area contributed by atoms with Gasteiger partial charge in [0.15, 0.2) is 0 Å². The van der Waals surface area contributed by atoms with Gasteiger partial charge in [0.05, 0.1) is 0 Å². The minimum atomic E-state index is -1.07. The van der Waals surface area contributed by atoms with Crippen LogP contribution in [0.2, 0.25) is 0 Å². The van der Waals surface area contributed by atoms with Gasteiger partial charge in [-0.25, -0.2) is 9.59 Å². The molecule has 0 saturated heterocycles. The Morgan fingerprint density at radius 1 is 0.914 bits per heavy atom. The van der Waals surface area contributed by atoms with Gasteiger partial charge in [-0.15, -0.1) is 0 Å². The van der Waals surface area contributed by atoms with E-state index in [1.54, 1.807) is 0 Å². The van der Waals surface area contributed by atoms with Gasteiger partial charge >= 0.3 is 19.5 Å². The Bertz CT molecular complexity index is 1060. The molecule has 3 aromatic carbocycles. The van der Waals surface area contributed by atoms with Gasteiger partial charge in [-0.2, -0.15) is 0 Å². The van der Waals surface area contributed by atoms with Gasteiger partial charge in [0, 0.05) is 5.92 Å². The molecule has 1 aliphatic rings. The molecule has 0 saturated carbocycles. The number of fused-ring (bicyclic) bond motifs is 3. The highest BCUT2D eigenvalue weighted by molar-refractivity contribution is 6.45. The number of benzene rings is 3. The van der Waals surface area contributed by atoms with Crippen LogP contribution in [0.25, 0.3) is 11.1 Å². The lowest BCUT2D eigenvalue weighted by Gasteiger charge is -2.17. The lowest BCUT2D eigenvalue weighted by molar-refractivity contribution is -0.139. The summed E-state index contributed by atoms with van der Waals surface area (Å²) in [4.78, 5) is 23.5. The third-order valence-corrected chi connectivity index (χ3v) is 5.83. The highest BCUT2D eigenvalue weighted by atomic mass is 16.5. The molecule has 3 aromatic rings. The smallest absolute Gasteiger partial charge is 0.407 e. The minimum Gasteiger partial charge on any atom is -0.480 e. The molecule has 181 valence electrons. The highest BCUT2D eigenvalue weighted by Crippen LogP contribution is 2.44. The summed E-state index contributed by atoms with van der Waals surface area (Å²) >= 11 is 0. The van der Waals surface area contributed by atoms with Crippen molar-refractivity contribution in [2.24, 2.45) is 5.73 Å². The summed E-state index contributed by atoms with van der Waals surface area (Å²) in [7, 11) is 1.08. The van der Waals surface area contributed by atoms with Crippen molar-refractivity contribution in [3.05, 3.63) is 90.0 Å². The molecule has 0 aromatic heterocycles. The molecule has 4 rings (SSSR count). The van der Waals surface area contributed by atoms with Crippen LogP contribution >= 0.6 is 0 Å². The van der Waals surface area contributed by atoms with E-state index in [0.717, 1.165) is 41.6 Å². The van der Waals surface area contributed by atoms with E-state index in [4.69, 9.17) is 15.5 Å². The standard InChI is InChI=1S/C21H24N2O4.C6H6BO/c22-12-6-5-11-19(20(24)25)23-21(26)27-13-18-16-9-3-1-7-14(16)15-8-2-4-10-17(15)18;8-7-6-4-2-1-3-5-6/h1-4,7-10,18-19H,5-6,11-13,22H2,(H,23,26)(H,24,25);1-5,8H/t19-;/m0./s1. The van der Waals surface area contributed by atoms with Crippen LogP contribution in [0.3, 0.4) is 0 Å². The Kier molecular flexibility index (Phi) is 9.89. The number of alkyl carbamates (subject to hydrolysis) is 1. The van der Waals surface area contributed by atoms with Crippen molar-refractivity contribution >= 4 is 25.0 Å². The molecule has 0 bridgehead atoms. The maximum absolute atomic E-state index is 12.1. The number of carbonyl (C=O) groups is 2. The lowest BCUT2D eigenvalue weighted by atomic mass is 9.89. The normalized spacial score (nSPS) is 12.4. The number of aliphatic carboxylic acids is 1. The van der Waals surface area contributed by atoms with E-state index in [-0.39, 0.29) is 12.5 Å². The quantitative estimate of drug-likeness (QED) is 0.280. The highest BCUT2D eigenvalue weighted by Gasteiger charge is 2.29. The molecule has 1 atom stereocenters. The molecule has 8 heteroatoms. The Morgan fingerprint density at radius 3 is 2.00 bits per heavy atom. The van der Waals surface area contributed by atoms with Gasteiger partial charge in [-0.1, -0.05) is 84.3 Å². The van der Waals surface area contributed by atoms with E-state index in [1.165, 1.54) is 0 Å². The minimum absolute atomic E-state index is 0.0522. The van der Waals surface area contributed by atoms with Crippen molar-refractivity contribution in [2.45, 2.75) is 31.2 Å². The summed E-state index contributed by atoms with van der Waals surface area (Å²) in [6, 6.07) is 24.5. The van der Waals surface area contributed by atoms with E-state index < -0.39 is 18.1 Å². The predicted molar refractivity (Wildman–Crippen MR) is 137 cm³/mol. The van der Waals surface area contributed by atoms with Crippen LogP contribution in [-0.2, 0) is 9.53 Å². The lowest BCUT2D eigenvalue weighted by Crippen LogP contribution is -2.41. The molecule has 0 fully saturated rings. The number of carboxylic acid groups (broad SMARTS) is 1. The first-order chi connectivity index (χ1) is 17.0. The topological polar surface area (TPSA) is 122 Å². The number of amides is 1. The average molecular weight is 473 g/mol. The van der Waals surface area contributed by atoms with Crippen LogP contribution in [0.1, 0.15) is 36.3 Å². The van der Waals surface area contributed by atoms with E-state index in [0.29, 0.717) is 19.4 Å². The number of carboxylic acids is 1. The summed E-state index contributed by atoms with van der Waals surface area (Å²) in [5.41, 5.74) is 10.8. The molecule has 7 nitrogen and oxygen atoms in total. The predicted octanol–water partition coefficient (Wildman–Crippen LogP) is 3.03. The number of carbonyl (C=O) groups excluding carboxylic acids is 1. The monoisotopic (exact) mass is 473 g/mol. The van der Waals surface area contributed by atoms with E-state index >= 15 is 0 Å². The molecule has 1 radical (unpaired) electrons. The van der Waals surface area contributed by atoms with Crippen LogP contribution in [0.5, 0.6) is 0 Å². The Morgan fingerprint density at radius 2 is 1.49 bits per heavy atom. The molecular formula is C27H30BN2O5. The van der Waals surface area contributed by atoms with Gasteiger partial charge < -0.3 is 25.9 Å². The third-order valence-electron chi connectivity index (χ3n) is 5.83. The number of hydrogen-bond donors (Lipinski definition) is 4. The number of hydrogen-bond acceptors (Lipinski definition) is 5. The number of nitrogens with one attached hydrogen (secondary N) is 1. The van der Waals surface area contributed by atoms with Crippen LogP contribution in [-0.4, -0.2) is 48.9 Å². The second-order valence-electron chi connectivity index (χ2n) is 8.18. The molecule has 0 aliphatic heterocycles. The number of ether oxygens (including phenoxy) is 1. The fourth-order valence-electron chi connectivity index (χ4n) is 4.07. The Balaban J connectivity index is 0.000000363. The molecule has 35 heavy (non-hydrogen) atoms. The molecule has 0 spiro atoms. The molecule has 0 heterocycles. The second kappa shape index (κ2) is 13.3. The number of nitrogens with two attached hydrogens (primary N) is 1. The van der Waals surface area contributed by atoms with Crippen LogP contribution in [0.15, 0.2) is 78.9 Å². The zero-order valence-corrected chi connectivity index (χ0v) is 19.5. The number of unbranched alkanes of at least 4 members (excludes halogenated alkanes) is 1. The first-order valence-electron chi connectivity index (χ1n) is 11.6. The van der Waals surface area contributed by atoms with Gasteiger partial charge in [0.25, 0.3) is 0 Å². The summed E-state index contributed by atoms with van der Waals surface area (Å²) in [5, 5.41) is 20.1. The molecular weight excluding hydrogens is 443 g/mol. The van der Waals surface area contributed by atoms with Crippen LogP contribution in [0, 0.1) is 0 Å². The first-order valence-corrected chi connectivity index (χ1v) is 11.6. The third kappa shape index (κ3) is 7.18. The maximum Gasteiger partial charge on any atom is 0.407 e. The van der Waals surface area contributed by atoms with Gasteiger partial charge in [-0.3, -0.25) is 0 Å². The van der Waals surface area contributed by atoms with E-state index in [2.05, 4.69) is 17.4 Å². The SMILES string of the molecule is NCCCC[C@H](NC(=O)OCC1c2ccccc2-c2ccccc21)C(=O)O.O[B]c1ccccc1. The fraction of sp³-hybridized carbons (Fsp3) is 0.259. The first kappa shape index (κ1) is 26.0. The molecule has 1 amide bonds. The van der Waals surface area contributed by atoms with Crippen molar-refractivity contribution in [1.82, 2.24) is 5.32 Å². The number of rotatable bonds is 9. The van der Waals surface area contributed by atoms with Crippen molar-refractivity contribution in [1.29, 1.82) is 0 Å². The zero-order chi connectivity index (χ0) is 25.0. The van der Waals surface area contributed by atoms with Gasteiger partial charge in [0.2, 0.25) is 0 Å². The maximum atomic E-state index is 12.1. The van der Waals surface area contributed by atoms with E-state index in [9.17, 15) is 14.7 Å². The van der Waals surface area contributed by atoms with Gasteiger partial charge in [-0.05, 0) is 48.1 Å². The molecule has 1 aliphatic carbocycles. The van der Waals surface area contributed by atoms with Crippen molar-refractivity contribution in [3.63, 3.8) is 0 Å². The second-order valence-corrected chi connectivity index (χ2v) is 8.18. The zero-order valence-electron chi connectivity index (χ0n) is 19.5. The van der Waals surface area contributed by atoms with Crippen LogP contribution < -0.4 is 16.5 Å². The largest absolute Gasteiger partial charge is 0.480 e. The molecule has 0 unspecified atom stereocenters. The summed E-state index contributed by atoms with van der Waals surface area (Å²) in [5.74, 6) is -1.12. The average Bonchev–Trinajstić information content (AvgIpc) is 3.21. The van der Waals surface area contributed by atoms with E-state index in [1.807, 2.05) is 66.7 Å². The summed E-state index contributed by atoms with van der Waals surface area (Å²) in [6.07, 6.45) is 0.973. The van der Waals surface area contributed by atoms with Crippen molar-refractivity contribution < 1.29 is 24.5 Å². The fourth-order valence-corrected chi connectivity index (χ4v) is 4.07. The Labute approximate surface area is 206 Å². The summed E-state index contributed by atoms with van der Waals surface area (Å²) in [6.45, 7) is 0.659.